The highest BCUT2D eigenvalue weighted by molar-refractivity contribution is 6.31. The maximum absolute atomic E-state index is 6.22. The summed E-state index contributed by atoms with van der Waals surface area (Å²) in [5, 5.41) is 0.816. The van der Waals surface area contributed by atoms with Crippen LogP contribution in [0.5, 0.6) is 0 Å². The van der Waals surface area contributed by atoms with Crippen molar-refractivity contribution in [3.05, 3.63) is 70.7 Å². The third kappa shape index (κ3) is 4.64. The molecule has 20 heavy (non-hydrogen) atoms. The number of benzene rings is 2. The molecule has 0 saturated carbocycles. The first-order valence-corrected chi connectivity index (χ1v) is 7.24. The summed E-state index contributed by atoms with van der Waals surface area (Å²) in [4.78, 5) is 2.22. The summed E-state index contributed by atoms with van der Waals surface area (Å²) in [6, 6.07) is 18.4. The Labute approximate surface area is 126 Å². The monoisotopic (exact) mass is 288 g/mol. The molecule has 3 heteroatoms. The number of hydrogen-bond donors (Lipinski definition) is 1. The van der Waals surface area contributed by atoms with Crippen molar-refractivity contribution in [3.8, 4) is 0 Å². The van der Waals surface area contributed by atoms with Gasteiger partial charge in [-0.2, -0.15) is 0 Å². The van der Waals surface area contributed by atoms with Crippen LogP contribution in [0.1, 0.15) is 11.1 Å². The van der Waals surface area contributed by atoms with E-state index in [1.165, 1.54) is 5.56 Å². The Kier molecular flexibility index (Phi) is 5.60. The van der Waals surface area contributed by atoms with Gasteiger partial charge in [0, 0.05) is 24.2 Å². The average molecular weight is 289 g/mol. The van der Waals surface area contributed by atoms with Gasteiger partial charge in [0.15, 0.2) is 0 Å². The molecule has 106 valence electrons. The van der Waals surface area contributed by atoms with Crippen LogP contribution >= 0.6 is 11.6 Å². The van der Waals surface area contributed by atoms with Crippen molar-refractivity contribution in [2.75, 3.05) is 13.6 Å². The fraction of sp³-hybridized carbons (Fsp3) is 0.294. The first-order valence-electron chi connectivity index (χ1n) is 6.86. The van der Waals surface area contributed by atoms with E-state index in [0.717, 1.165) is 30.1 Å². The minimum atomic E-state index is 0.130. The molecule has 0 aliphatic heterocycles. The third-order valence-corrected chi connectivity index (χ3v) is 3.65. The molecule has 0 aliphatic carbocycles. The van der Waals surface area contributed by atoms with Crippen LogP contribution < -0.4 is 5.73 Å². The zero-order valence-corrected chi connectivity index (χ0v) is 12.6. The van der Waals surface area contributed by atoms with Crippen molar-refractivity contribution in [2.45, 2.75) is 19.0 Å². The second kappa shape index (κ2) is 7.44. The summed E-state index contributed by atoms with van der Waals surface area (Å²) < 4.78 is 0. The van der Waals surface area contributed by atoms with Gasteiger partial charge in [-0.3, -0.25) is 0 Å². The molecular weight excluding hydrogens is 268 g/mol. The fourth-order valence-corrected chi connectivity index (χ4v) is 2.56. The van der Waals surface area contributed by atoms with Crippen LogP contribution in [0.3, 0.4) is 0 Å². The second-order valence-electron chi connectivity index (χ2n) is 5.24. The minimum absolute atomic E-state index is 0.130. The van der Waals surface area contributed by atoms with Crippen molar-refractivity contribution in [1.82, 2.24) is 4.90 Å². The molecule has 0 aliphatic rings. The van der Waals surface area contributed by atoms with Gasteiger partial charge in [-0.1, -0.05) is 60.1 Å². The van der Waals surface area contributed by atoms with E-state index in [4.69, 9.17) is 17.3 Å². The van der Waals surface area contributed by atoms with Gasteiger partial charge < -0.3 is 10.6 Å². The Hall–Kier alpha value is -1.35. The predicted molar refractivity (Wildman–Crippen MR) is 85.9 cm³/mol. The number of nitrogens with zero attached hydrogens (tertiary/aromatic N) is 1. The predicted octanol–water partition coefficient (Wildman–Crippen LogP) is 3.34. The highest BCUT2D eigenvalue weighted by Gasteiger charge is 2.09. The molecule has 0 aromatic heterocycles. The van der Waals surface area contributed by atoms with Crippen LogP contribution in [0.15, 0.2) is 54.6 Å². The van der Waals surface area contributed by atoms with Crippen LogP contribution in [-0.2, 0) is 13.0 Å². The molecule has 0 saturated heterocycles. The van der Waals surface area contributed by atoms with E-state index >= 15 is 0 Å². The highest BCUT2D eigenvalue weighted by atomic mass is 35.5. The van der Waals surface area contributed by atoms with Crippen LogP contribution in [0, 0.1) is 0 Å². The molecule has 2 aromatic rings. The lowest BCUT2D eigenvalue weighted by atomic mass is 10.1. The van der Waals surface area contributed by atoms with Crippen molar-refractivity contribution in [1.29, 1.82) is 0 Å². The molecule has 1 unspecified atom stereocenters. The first kappa shape index (κ1) is 15.0. The Morgan fingerprint density at radius 3 is 2.40 bits per heavy atom. The lowest BCUT2D eigenvalue weighted by molar-refractivity contribution is 0.302. The molecule has 0 amide bonds. The highest BCUT2D eigenvalue weighted by Crippen LogP contribution is 2.16. The number of hydrogen-bond acceptors (Lipinski definition) is 2. The standard InChI is InChI=1S/C17H21ClN2/c1-20(12-15-9-5-6-10-17(15)18)13-16(19)11-14-7-3-2-4-8-14/h2-10,16H,11-13,19H2,1H3. The van der Waals surface area contributed by atoms with Crippen LogP contribution in [0.2, 0.25) is 5.02 Å². The maximum Gasteiger partial charge on any atom is 0.0451 e. The lowest BCUT2D eigenvalue weighted by Gasteiger charge is -2.22. The summed E-state index contributed by atoms with van der Waals surface area (Å²) in [5.41, 5.74) is 8.65. The Morgan fingerprint density at radius 1 is 1.05 bits per heavy atom. The molecule has 2 rings (SSSR count). The summed E-state index contributed by atoms with van der Waals surface area (Å²) in [6.07, 6.45) is 0.897. The molecule has 1 atom stereocenters. The van der Waals surface area contributed by atoms with Crippen LogP contribution in [-0.4, -0.2) is 24.5 Å². The van der Waals surface area contributed by atoms with Gasteiger partial charge in [0.1, 0.15) is 0 Å². The fourth-order valence-electron chi connectivity index (χ4n) is 2.36. The van der Waals surface area contributed by atoms with E-state index in [9.17, 15) is 0 Å². The van der Waals surface area contributed by atoms with E-state index in [-0.39, 0.29) is 6.04 Å². The van der Waals surface area contributed by atoms with Gasteiger partial charge >= 0.3 is 0 Å². The second-order valence-corrected chi connectivity index (χ2v) is 5.65. The normalized spacial score (nSPS) is 12.6. The number of rotatable bonds is 6. The topological polar surface area (TPSA) is 29.3 Å². The van der Waals surface area contributed by atoms with E-state index in [0.29, 0.717) is 0 Å². The van der Waals surface area contributed by atoms with Crippen LogP contribution in [0.4, 0.5) is 0 Å². The molecule has 2 aromatic carbocycles. The third-order valence-electron chi connectivity index (χ3n) is 3.28. The molecule has 0 radical (unpaired) electrons. The van der Waals surface area contributed by atoms with E-state index in [1.807, 2.05) is 24.3 Å². The molecule has 0 fully saturated rings. The minimum Gasteiger partial charge on any atom is -0.326 e. The summed E-state index contributed by atoms with van der Waals surface area (Å²) >= 11 is 6.18. The first-order chi connectivity index (χ1) is 9.65. The summed E-state index contributed by atoms with van der Waals surface area (Å²) in [5.74, 6) is 0. The molecule has 0 heterocycles. The molecule has 0 spiro atoms. The smallest absolute Gasteiger partial charge is 0.0451 e. The van der Waals surface area contributed by atoms with Gasteiger partial charge in [0.05, 0.1) is 0 Å². The van der Waals surface area contributed by atoms with Crippen LogP contribution in [0.25, 0.3) is 0 Å². The van der Waals surface area contributed by atoms with Gasteiger partial charge in [-0.15, -0.1) is 0 Å². The van der Waals surface area contributed by atoms with Gasteiger partial charge in [-0.25, -0.2) is 0 Å². The summed E-state index contributed by atoms with van der Waals surface area (Å²) in [6.45, 7) is 1.67. The largest absolute Gasteiger partial charge is 0.326 e. The molecule has 0 bridgehead atoms. The zero-order valence-electron chi connectivity index (χ0n) is 11.8. The zero-order chi connectivity index (χ0) is 14.4. The maximum atomic E-state index is 6.22. The van der Waals surface area contributed by atoms with Gasteiger partial charge in [0.25, 0.3) is 0 Å². The molecule has 2 N–H and O–H groups in total. The van der Waals surface area contributed by atoms with Gasteiger partial charge in [0.2, 0.25) is 0 Å². The van der Waals surface area contributed by atoms with Crippen molar-refractivity contribution >= 4 is 11.6 Å². The SMILES string of the molecule is CN(Cc1ccccc1Cl)CC(N)Cc1ccccc1. The lowest BCUT2D eigenvalue weighted by Crippen LogP contribution is -2.36. The van der Waals surface area contributed by atoms with E-state index in [1.54, 1.807) is 0 Å². The molecule has 2 nitrogen and oxygen atoms in total. The number of nitrogens with two attached hydrogens (primary N) is 1. The van der Waals surface area contributed by atoms with Gasteiger partial charge in [-0.05, 0) is 30.7 Å². The van der Waals surface area contributed by atoms with E-state index in [2.05, 4.69) is 42.3 Å². The van der Waals surface area contributed by atoms with Crippen molar-refractivity contribution in [3.63, 3.8) is 0 Å². The van der Waals surface area contributed by atoms with Crippen molar-refractivity contribution < 1.29 is 0 Å². The summed E-state index contributed by atoms with van der Waals surface area (Å²) in [7, 11) is 2.08. The Morgan fingerprint density at radius 2 is 1.70 bits per heavy atom. The van der Waals surface area contributed by atoms with Crippen molar-refractivity contribution in [2.24, 2.45) is 5.73 Å². The average Bonchev–Trinajstić information content (AvgIpc) is 2.42. The quantitative estimate of drug-likeness (QED) is 0.883. The number of likely N-dealkylation sites (N-methyl/N-ethyl adjacent to an activating group) is 1. The Balaban J connectivity index is 1.85. The Bertz CT molecular complexity index is 528. The molecular formula is C17H21ClN2. The van der Waals surface area contributed by atoms with E-state index < -0.39 is 0 Å². The number of halogens is 1.